The third kappa shape index (κ3) is 9.56. The quantitative estimate of drug-likeness (QED) is 0.142. The van der Waals surface area contributed by atoms with Crippen LogP contribution in [-0.4, -0.2) is 50.4 Å². The van der Waals surface area contributed by atoms with Crippen LogP contribution in [0, 0.1) is 5.82 Å². The molecule has 8 nitrogen and oxygen atoms in total. The summed E-state index contributed by atoms with van der Waals surface area (Å²) >= 11 is 12.6. The topological polar surface area (TPSA) is 96.0 Å². The molecule has 1 saturated carbocycles. The zero-order valence-electron chi connectivity index (χ0n) is 27.7. The van der Waals surface area contributed by atoms with Crippen LogP contribution in [0.1, 0.15) is 50.2 Å². The van der Waals surface area contributed by atoms with Gasteiger partial charge in [-0.3, -0.25) is 13.9 Å². The SMILES string of the molecule is CCOc1ccc(N(CC(=O)N(Cc2ccc(Cl)c(Cl)c2)[C@H](Cc2ccccc2)C(=O)NC2CCCCC2)S(=O)(=O)c2ccc(F)cc2)cc1. The number of ether oxygens (including phenoxy) is 1. The lowest BCUT2D eigenvalue weighted by Gasteiger charge is -2.35. The van der Waals surface area contributed by atoms with Crippen LogP contribution in [0.25, 0.3) is 0 Å². The molecule has 264 valence electrons. The van der Waals surface area contributed by atoms with Gasteiger partial charge in [-0.1, -0.05) is 78.9 Å². The first-order valence-corrected chi connectivity index (χ1v) is 18.8. The molecule has 1 fully saturated rings. The normalized spacial score (nSPS) is 14.1. The van der Waals surface area contributed by atoms with Crippen LogP contribution in [-0.2, 0) is 32.6 Å². The summed E-state index contributed by atoms with van der Waals surface area (Å²) in [5, 5.41) is 3.79. The van der Waals surface area contributed by atoms with Gasteiger partial charge in [-0.05, 0) is 91.6 Å². The molecule has 5 rings (SSSR count). The molecular weight excluding hydrogens is 700 g/mol. The first kappa shape index (κ1) is 37.1. The molecule has 12 heteroatoms. The van der Waals surface area contributed by atoms with Crippen molar-refractivity contribution < 1.29 is 27.1 Å². The highest BCUT2D eigenvalue weighted by Crippen LogP contribution is 2.29. The molecule has 0 aromatic heterocycles. The summed E-state index contributed by atoms with van der Waals surface area (Å²) in [7, 11) is -4.40. The van der Waals surface area contributed by atoms with Crippen molar-refractivity contribution >= 4 is 50.7 Å². The summed E-state index contributed by atoms with van der Waals surface area (Å²) in [4.78, 5) is 30.2. The highest BCUT2D eigenvalue weighted by atomic mass is 35.5. The number of nitrogens with zero attached hydrogens (tertiary/aromatic N) is 2. The van der Waals surface area contributed by atoms with Crippen LogP contribution in [0.3, 0.4) is 0 Å². The summed E-state index contributed by atoms with van der Waals surface area (Å²) in [6.07, 6.45) is 4.96. The molecule has 1 aliphatic carbocycles. The molecule has 0 radical (unpaired) electrons. The predicted octanol–water partition coefficient (Wildman–Crippen LogP) is 7.82. The summed E-state index contributed by atoms with van der Waals surface area (Å²) < 4.78 is 48.8. The summed E-state index contributed by atoms with van der Waals surface area (Å²) in [6, 6.07) is 24.0. The maximum Gasteiger partial charge on any atom is 0.264 e. The van der Waals surface area contributed by atoms with Crippen molar-refractivity contribution in [2.45, 2.75) is 69.0 Å². The second kappa shape index (κ2) is 17.2. The predicted molar refractivity (Wildman–Crippen MR) is 195 cm³/mol. The van der Waals surface area contributed by atoms with Crippen molar-refractivity contribution in [1.29, 1.82) is 0 Å². The smallest absolute Gasteiger partial charge is 0.264 e. The second-order valence-electron chi connectivity index (χ2n) is 12.2. The fraction of sp³-hybridized carbons (Fsp3) is 0.316. The number of carbonyl (C=O) groups excluding carboxylic acids is 2. The molecule has 0 saturated heterocycles. The highest BCUT2D eigenvalue weighted by molar-refractivity contribution is 7.92. The van der Waals surface area contributed by atoms with Gasteiger partial charge in [0.2, 0.25) is 11.8 Å². The zero-order valence-corrected chi connectivity index (χ0v) is 30.1. The van der Waals surface area contributed by atoms with Gasteiger partial charge in [-0.2, -0.15) is 0 Å². The van der Waals surface area contributed by atoms with E-state index in [1.807, 2.05) is 37.3 Å². The van der Waals surface area contributed by atoms with E-state index < -0.39 is 34.3 Å². The first-order chi connectivity index (χ1) is 24.0. The van der Waals surface area contributed by atoms with Gasteiger partial charge in [0.15, 0.2) is 0 Å². The van der Waals surface area contributed by atoms with E-state index in [-0.39, 0.29) is 40.5 Å². The van der Waals surface area contributed by atoms with Crippen LogP contribution >= 0.6 is 23.2 Å². The molecule has 1 N–H and O–H groups in total. The van der Waals surface area contributed by atoms with Crippen LogP contribution < -0.4 is 14.4 Å². The number of amides is 2. The fourth-order valence-electron chi connectivity index (χ4n) is 6.07. The Labute approximate surface area is 303 Å². The van der Waals surface area contributed by atoms with Crippen molar-refractivity contribution in [3.8, 4) is 5.75 Å². The maximum atomic E-state index is 14.7. The zero-order chi connectivity index (χ0) is 35.7. The van der Waals surface area contributed by atoms with Crippen LogP contribution in [0.5, 0.6) is 5.75 Å². The molecule has 4 aromatic rings. The number of rotatable bonds is 14. The molecule has 1 aliphatic rings. The number of hydrogen-bond donors (Lipinski definition) is 1. The Morgan fingerprint density at radius 3 is 2.20 bits per heavy atom. The largest absolute Gasteiger partial charge is 0.494 e. The molecule has 1 atom stereocenters. The molecule has 0 bridgehead atoms. The number of benzene rings is 4. The van der Waals surface area contributed by atoms with Crippen LogP contribution in [0.15, 0.2) is 102 Å². The number of nitrogens with one attached hydrogen (secondary N) is 1. The summed E-state index contributed by atoms with van der Waals surface area (Å²) in [5.41, 5.74) is 1.61. The van der Waals surface area contributed by atoms with E-state index in [1.165, 1.54) is 4.90 Å². The molecule has 0 heterocycles. The standard InChI is InChI=1S/C38H40Cl2FN3O5S/c1-2-49-32-18-16-31(17-19-32)44(50(47,48)33-20-14-29(41)15-21-33)26-37(45)43(25-28-13-22-34(39)35(40)23-28)36(24-27-9-5-3-6-10-27)38(46)42-30-11-7-4-8-12-30/h3,5-6,9-10,13-23,30,36H,2,4,7-8,11-12,24-26H2,1H3,(H,42,46)/t36-/m1/s1. The van der Waals surface area contributed by atoms with Gasteiger partial charge in [0.1, 0.15) is 24.2 Å². The van der Waals surface area contributed by atoms with E-state index in [2.05, 4.69) is 5.32 Å². The minimum atomic E-state index is -4.40. The molecule has 50 heavy (non-hydrogen) atoms. The lowest BCUT2D eigenvalue weighted by molar-refractivity contribution is -0.140. The minimum absolute atomic E-state index is 0.0318. The van der Waals surface area contributed by atoms with Gasteiger partial charge in [-0.25, -0.2) is 12.8 Å². The van der Waals surface area contributed by atoms with E-state index in [9.17, 15) is 22.4 Å². The third-order valence-corrected chi connectivity index (χ3v) is 11.2. The number of sulfonamides is 1. The molecule has 0 aliphatic heterocycles. The van der Waals surface area contributed by atoms with E-state index in [1.54, 1.807) is 42.5 Å². The van der Waals surface area contributed by atoms with E-state index in [0.29, 0.717) is 22.9 Å². The number of halogens is 3. The van der Waals surface area contributed by atoms with Crippen molar-refractivity contribution in [2.24, 2.45) is 0 Å². The molecule has 2 amide bonds. The fourth-order valence-corrected chi connectivity index (χ4v) is 7.81. The monoisotopic (exact) mass is 739 g/mol. The van der Waals surface area contributed by atoms with Gasteiger partial charge < -0.3 is 15.0 Å². The Kier molecular flexibility index (Phi) is 12.8. The first-order valence-electron chi connectivity index (χ1n) is 16.6. The molecular formula is C38H40Cl2FN3O5S. The molecule has 0 spiro atoms. The van der Waals surface area contributed by atoms with E-state index in [4.69, 9.17) is 27.9 Å². The second-order valence-corrected chi connectivity index (χ2v) is 14.9. The average molecular weight is 741 g/mol. The van der Waals surface area contributed by atoms with Crippen molar-refractivity contribution in [3.05, 3.63) is 124 Å². The Bertz CT molecular complexity index is 1860. The third-order valence-electron chi connectivity index (χ3n) is 8.68. The molecule has 0 unspecified atom stereocenters. The van der Waals surface area contributed by atoms with E-state index >= 15 is 0 Å². The van der Waals surface area contributed by atoms with E-state index in [0.717, 1.165) is 66.2 Å². The Morgan fingerprint density at radius 2 is 1.56 bits per heavy atom. The number of anilines is 1. The highest BCUT2D eigenvalue weighted by Gasteiger charge is 2.35. The van der Waals surface area contributed by atoms with Crippen LogP contribution in [0.4, 0.5) is 10.1 Å². The summed E-state index contributed by atoms with van der Waals surface area (Å²) in [6.45, 7) is 1.53. The summed E-state index contributed by atoms with van der Waals surface area (Å²) in [5.74, 6) is -1.04. The Balaban J connectivity index is 1.57. The number of hydrogen-bond acceptors (Lipinski definition) is 5. The van der Waals surface area contributed by atoms with Gasteiger partial charge in [-0.15, -0.1) is 0 Å². The van der Waals surface area contributed by atoms with Gasteiger partial charge in [0.25, 0.3) is 10.0 Å². The maximum absolute atomic E-state index is 14.7. The Hall–Kier alpha value is -4.12. The van der Waals surface area contributed by atoms with Gasteiger partial charge in [0.05, 0.1) is 27.2 Å². The van der Waals surface area contributed by atoms with Crippen molar-refractivity contribution in [2.75, 3.05) is 17.5 Å². The lowest BCUT2D eigenvalue weighted by Crippen LogP contribution is -2.55. The lowest BCUT2D eigenvalue weighted by atomic mass is 9.94. The average Bonchev–Trinajstić information content (AvgIpc) is 3.11. The Morgan fingerprint density at radius 1 is 0.880 bits per heavy atom. The van der Waals surface area contributed by atoms with Gasteiger partial charge >= 0.3 is 0 Å². The van der Waals surface area contributed by atoms with Crippen LogP contribution in [0.2, 0.25) is 10.0 Å². The van der Waals surface area contributed by atoms with Crippen molar-refractivity contribution in [3.63, 3.8) is 0 Å². The number of carbonyl (C=O) groups is 2. The molecule has 4 aromatic carbocycles. The van der Waals surface area contributed by atoms with Crippen molar-refractivity contribution in [1.82, 2.24) is 10.2 Å². The van der Waals surface area contributed by atoms with Gasteiger partial charge in [0, 0.05) is 19.0 Å². The minimum Gasteiger partial charge on any atom is -0.494 e.